The normalized spacial score (nSPS) is 8.40. The summed E-state index contributed by atoms with van der Waals surface area (Å²) in [5.74, 6) is -0.285. The van der Waals surface area contributed by atoms with Gasteiger partial charge in [-0.2, -0.15) is 13.5 Å². The molecule has 0 amide bonds. The van der Waals surface area contributed by atoms with Crippen LogP contribution in [0.25, 0.3) is 0 Å². The van der Waals surface area contributed by atoms with E-state index < -0.39 is 0 Å². The summed E-state index contributed by atoms with van der Waals surface area (Å²) in [5, 5.41) is 0. The minimum atomic E-state index is -0.285. The minimum Gasteiger partial charge on any atom is -0.466 e. The molecule has 0 unspecified atom stereocenters. The Labute approximate surface area is 98.4 Å². The van der Waals surface area contributed by atoms with E-state index in [1.165, 1.54) is 13.2 Å². The maximum absolute atomic E-state index is 10.3. The zero-order valence-corrected chi connectivity index (χ0v) is 10.1. The van der Waals surface area contributed by atoms with E-state index in [1.807, 2.05) is 43.3 Å². The first kappa shape index (κ1) is 16.2. The molecule has 0 saturated heterocycles. The summed E-state index contributed by atoms with van der Waals surface area (Å²) in [6.07, 6.45) is 4.04. The van der Waals surface area contributed by atoms with Crippen molar-refractivity contribution in [2.45, 2.75) is 13.3 Å². The lowest BCUT2D eigenvalue weighted by Crippen LogP contribution is -1.92. The third-order valence-corrected chi connectivity index (χ3v) is 1.36. The number of carbonyl (C=O) groups excluding carboxylic acids is 1. The molecule has 1 rings (SSSR count). The van der Waals surface area contributed by atoms with Crippen molar-refractivity contribution in [3.8, 4) is 0 Å². The van der Waals surface area contributed by atoms with Crippen molar-refractivity contribution in [2.75, 3.05) is 7.11 Å². The van der Waals surface area contributed by atoms with Gasteiger partial charge in [-0.3, -0.25) is 0 Å². The first-order chi connectivity index (χ1) is 6.81. The van der Waals surface area contributed by atoms with E-state index in [9.17, 15) is 4.79 Å². The molecule has 1 aromatic rings. The van der Waals surface area contributed by atoms with Gasteiger partial charge < -0.3 is 4.74 Å². The molecule has 0 spiro atoms. The molecule has 0 aliphatic carbocycles. The lowest BCUT2D eigenvalue weighted by molar-refractivity contribution is -0.134. The topological polar surface area (TPSA) is 26.3 Å². The predicted octanol–water partition coefficient (Wildman–Crippen LogP) is 2.93. The van der Waals surface area contributed by atoms with Crippen molar-refractivity contribution in [3.63, 3.8) is 0 Å². The van der Waals surface area contributed by atoms with Crippen molar-refractivity contribution >= 4 is 19.5 Å². The third-order valence-electron chi connectivity index (χ3n) is 1.36. The predicted molar refractivity (Wildman–Crippen MR) is 68.3 cm³/mol. The smallest absolute Gasteiger partial charge is 0.330 e. The highest BCUT2D eigenvalue weighted by atomic mass is 32.1. The van der Waals surface area contributed by atoms with Crippen LogP contribution in [0.1, 0.15) is 13.3 Å². The van der Waals surface area contributed by atoms with Gasteiger partial charge in [0.2, 0.25) is 0 Å². The van der Waals surface area contributed by atoms with Gasteiger partial charge in [-0.05, 0) is 6.42 Å². The van der Waals surface area contributed by atoms with Crippen molar-refractivity contribution in [3.05, 3.63) is 48.6 Å². The van der Waals surface area contributed by atoms with Crippen LogP contribution >= 0.6 is 13.5 Å². The van der Waals surface area contributed by atoms with Gasteiger partial charge >= 0.3 is 5.97 Å². The number of rotatable bonds is 2. The highest BCUT2D eigenvalue weighted by Gasteiger charge is 1.85. The molecule has 0 atom stereocenters. The lowest BCUT2D eigenvalue weighted by Gasteiger charge is -1.86. The minimum absolute atomic E-state index is 0. The lowest BCUT2D eigenvalue weighted by atomic mass is 10.4. The largest absolute Gasteiger partial charge is 0.466 e. The van der Waals surface area contributed by atoms with Gasteiger partial charge in [-0.15, -0.1) is 0 Å². The van der Waals surface area contributed by atoms with Gasteiger partial charge in [0.05, 0.1) is 7.11 Å². The Morgan fingerprint density at radius 3 is 1.80 bits per heavy atom. The standard InChI is InChI=1S/C6H10O2.C6H6.H2S/c1-3-4-5-6(7)8-2;1-2-4-6-5-3-1;/h4-5H,3H2,1-2H3;1-6H;1H2. The fourth-order valence-electron chi connectivity index (χ4n) is 0.667. The summed E-state index contributed by atoms with van der Waals surface area (Å²) in [6.45, 7) is 1.96. The summed E-state index contributed by atoms with van der Waals surface area (Å²) in [6, 6.07) is 12.0. The van der Waals surface area contributed by atoms with Crippen LogP contribution in [-0.2, 0) is 9.53 Å². The van der Waals surface area contributed by atoms with Crippen molar-refractivity contribution in [1.82, 2.24) is 0 Å². The van der Waals surface area contributed by atoms with E-state index in [2.05, 4.69) is 4.74 Å². The van der Waals surface area contributed by atoms with Crippen LogP contribution in [-0.4, -0.2) is 13.1 Å². The second-order valence-corrected chi connectivity index (χ2v) is 2.49. The monoisotopic (exact) mass is 226 g/mol. The molecule has 0 fully saturated rings. The Balaban J connectivity index is 0. The molecule has 15 heavy (non-hydrogen) atoms. The summed E-state index contributed by atoms with van der Waals surface area (Å²) in [7, 11) is 1.36. The average Bonchev–Trinajstić information content (AvgIpc) is 2.29. The van der Waals surface area contributed by atoms with Gasteiger partial charge in [0.15, 0.2) is 0 Å². The molecule has 0 aliphatic heterocycles. The average molecular weight is 226 g/mol. The molecule has 1 aromatic carbocycles. The Morgan fingerprint density at radius 2 is 1.53 bits per heavy atom. The third kappa shape index (κ3) is 12.8. The molecule has 0 aliphatic rings. The van der Waals surface area contributed by atoms with E-state index >= 15 is 0 Å². The van der Waals surface area contributed by atoms with E-state index in [4.69, 9.17) is 0 Å². The molecular weight excluding hydrogens is 208 g/mol. The van der Waals surface area contributed by atoms with Gasteiger partial charge in [0.25, 0.3) is 0 Å². The van der Waals surface area contributed by atoms with Crippen LogP contribution in [0.4, 0.5) is 0 Å². The second-order valence-electron chi connectivity index (χ2n) is 2.49. The molecule has 0 saturated carbocycles. The van der Waals surface area contributed by atoms with Crippen LogP contribution in [0.15, 0.2) is 48.6 Å². The summed E-state index contributed by atoms with van der Waals surface area (Å²) in [4.78, 5) is 10.3. The second kappa shape index (κ2) is 12.8. The first-order valence-electron chi connectivity index (χ1n) is 4.55. The number of carbonyl (C=O) groups is 1. The number of ether oxygens (including phenoxy) is 1. The van der Waals surface area contributed by atoms with Crippen LogP contribution < -0.4 is 0 Å². The highest BCUT2D eigenvalue weighted by Crippen LogP contribution is 1.81. The SMILES string of the molecule is CCC=CC(=O)OC.S.c1ccccc1. The maximum Gasteiger partial charge on any atom is 0.330 e. The van der Waals surface area contributed by atoms with Crippen LogP contribution in [0.5, 0.6) is 0 Å². The number of hydrogen-bond donors (Lipinski definition) is 0. The number of hydrogen-bond acceptors (Lipinski definition) is 2. The van der Waals surface area contributed by atoms with Crippen LogP contribution in [0.2, 0.25) is 0 Å². The molecular formula is C12H18O2S. The Kier molecular flexibility index (Phi) is 13.8. The Hall–Kier alpha value is -1.22. The van der Waals surface area contributed by atoms with E-state index in [0.717, 1.165) is 6.42 Å². The molecule has 3 heteroatoms. The molecule has 2 nitrogen and oxygen atoms in total. The molecule has 0 aromatic heterocycles. The van der Waals surface area contributed by atoms with Crippen LogP contribution in [0.3, 0.4) is 0 Å². The van der Waals surface area contributed by atoms with Crippen molar-refractivity contribution in [2.24, 2.45) is 0 Å². The first-order valence-corrected chi connectivity index (χ1v) is 4.55. The van der Waals surface area contributed by atoms with Crippen molar-refractivity contribution in [1.29, 1.82) is 0 Å². The van der Waals surface area contributed by atoms with Crippen LogP contribution in [0, 0.1) is 0 Å². The summed E-state index contributed by atoms with van der Waals surface area (Å²) < 4.78 is 4.33. The van der Waals surface area contributed by atoms with Gasteiger partial charge in [-0.25, -0.2) is 4.79 Å². The molecule has 0 N–H and O–H groups in total. The number of methoxy groups -OCH3 is 1. The highest BCUT2D eigenvalue weighted by molar-refractivity contribution is 7.59. The van der Waals surface area contributed by atoms with Crippen molar-refractivity contribution < 1.29 is 9.53 Å². The number of benzene rings is 1. The zero-order valence-electron chi connectivity index (χ0n) is 9.14. The summed E-state index contributed by atoms with van der Waals surface area (Å²) >= 11 is 0. The Morgan fingerprint density at radius 1 is 1.13 bits per heavy atom. The zero-order chi connectivity index (χ0) is 10.6. The van der Waals surface area contributed by atoms with E-state index in [1.54, 1.807) is 6.08 Å². The van der Waals surface area contributed by atoms with Gasteiger partial charge in [-0.1, -0.05) is 49.4 Å². The quantitative estimate of drug-likeness (QED) is 0.572. The molecule has 0 bridgehead atoms. The fraction of sp³-hybridized carbons (Fsp3) is 0.250. The number of esters is 1. The van der Waals surface area contributed by atoms with Gasteiger partial charge in [0.1, 0.15) is 0 Å². The van der Waals surface area contributed by atoms with E-state index in [0.29, 0.717) is 0 Å². The number of allylic oxidation sites excluding steroid dienone is 1. The molecule has 0 heterocycles. The summed E-state index contributed by atoms with van der Waals surface area (Å²) in [5.41, 5.74) is 0. The molecule has 0 radical (unpaired) electrons. The Bertz CT molecular complexity index is 231. The fourth-order valence-corrected chi connectivity index (χ4v) is 0.667. The van der Waals surface area contributed by atoms with E-state index in [-0.39, 0.29) is 19.5 Å². The maximum atomic E-state index is 10.3. The molecule has 84 valence electrons. The van der Waals surface area contributed by atoms with Gasteiger partial charge in [0, 0.05) is 6.08 Å².